The highest BCUT2D eigenvalue weighted by atomic mass is 16.5. The van der Waals surface area contributed by atoms with Gasteiger partial charge in [0.2, 0.25) is 0 Å². The average Bonchev–Trinajstić information content (AvgIpc) is 2.47. The van der Waals surface area contributed by atoms with E-state index in [1.165, 1.54) is 25.7 Å². The van der Waals surface area contributed by atoms with Gasteiger partial charge in [-0.25, -0.2) is 0 Å². The first-order chi connectivity index (χ1) is 9.85. The minimum Gasteiger partial charge on any atom is -0.379 e. The summed E-state index contributed by atoms with van der Waals surface area (Å²) in [6.07, 6.45) is 5.99. The molecule has 0 saturated heterocycles. The number of hydrogen-bond donors (Lipinski definition) is 1. The largest absolute Gasteiger partial charge is 0.379 e. The first-order valence-electron chi connectivity index (χ1n) is 8.31. The Morgan fingerprint density at radius 3 is 1.90 bits per heavy atom. The maximum atomic E-state index is 5.52. The third kappa shape index (κ3) is 14.3. The molecule has 0 aliphatic carbocycles. The first kappa shape index (κ1) is 19.8. The van der Waals surface area contributed by atoms with Crippen LogP contribution in [0.5, 0.6) is 0 Å². The fraction of sp³-hybridized carbons (Fsp3) is 1.00. The van der Waals surface area contributed by atoms with Crippen molar-refractivity contribution in [1.29, 1.82) is 0 Å². The summed E-state index contributed by atoms with van der Waals surface area (Å²) in [7, 11) is 0. The second kappa shape index (κ2) is 16.9. The zero-order valence-electron chi connectivity index (χ0n) is 13.8. The Kier molecular flexibility index (Phi) is 16.8. The standard InChI is InChI=1S/C16H35NO3/c1-4-7-10-18-12-14-20-15-13-19-11-9-17-16(6-3)8-5-2/h16-17H,4-15H2,1-3H3. The molecule has 0 aliphatic rings. The Balaban J connectivity index is 3.09. The molecule has 4 heteroatoms. The smallest absolute Gasteiger partial charge is 0.0701 e. The first-order valence-corrected chi connectivity index (χ1v) is 8.31. The van der Waals surface area contributed by atoms with Crippen molar-refractivity contribution in [2.24, 2.45) is 0 Å². The topological polar surface area (TPSA) is 39.7 Å². The minimum absolute atomic E-state index is 0.639. The summed E-state index contributed by atoms with van der Waals surface area (Å²) in [5.41, 5.74) is 0. The number of nitrogens with one attached hydrogen (secondary N) is 1. The van der Waals surface area contributed by atoms with Crippen LogP contribution >= 0.6 is 0 Å². The molecule has 0 saturated carbocycles. The molecule has 0 radical (unpaired) electrons. The van der Waals surface area contributed by atoms with E-state index in [4.69, 9.17) is 14.2 Å². The second-order valence-electron chi connectivity index (χ2n) is 5.04. The van der Waals surface area contributed by atoms with Gasteiger partial charge in [-0.15, -0.1) is 0 Å². The molecule has 0 fully saturated rings. The van der Waals surface area contributed by atoms with Gasteiger partial charge in [-0.2, -0.15) is 0 Å². The van der Waals surface area contributed by atoms with Gasteiger partial charge in [0.1, 0.15) is 0 Å². The molecule has 1 unspecified atom stereocenters. The van der Waals surface area contributed by atoms with Crippen LogP contribution in [0.15, 0.2) is 0 Å². The summed E-state index contributed by atoms with van der Waals surface area (Å²) in [6, 6.07) is 0.639. The van der Waals surface area contributed by atoms with E-state index in [2.05, 4.69) is 26.1 Å². The second-order valence-corrected chi connectivity index (χ2v) is 5.04. The molecule has 122 valence electrons. The molecule has 1 atom stereocenters. The highest BCUT2D eigenvalue weighted by Gasteiger charge is 2.02. The molecule has 0 aromatic carbocycles. The lowest BCUT2D eigenvalue weighted by atomic mass is 10.1. The Morgan fingerprint density at radius 1 is 0.750 bits per heavy atom. The Labute approximate surface area is 125 Å². The van der Waals surface area contributed by atoms with Gasteiger partial charge in [0.15, 0.2) is 0 Å². The van der Waals surface area contributed by atoms with E-state index >= 15 is 0 Å². The van der Waals surface area contributed by atoms with E-state index in [1.807, 2.05) is 0 Å². The van der Waals surface area contributed by atoms with Crippen molar-refractivity contribution < 1.29 is 14.2 Å². The molecule has 1 N–H and O–H groups in total. The highest BCUT2D eigenvalue weighted by Crippen LogP contribution is 1.99. The van der Waals surface area contributed by atoms with Crippen molar-refractivity contribution in [2.75, 3.05) is 46.2 Å². The third-order valence-electron chi connectivity index (χ3n) is 3.20. The van der Waals surface area contributed by atoms with Crippen LogP contribution < -0.4 is 5.32 Å². The summed E-state index contributed by atoms with van der Waals surface area (Å²) in [4.78, 5) is 0. The fourth-order valence-electron chi connectivity index (χ4n) is 1.92. The minimum atomic E-state index is 0.639. The summed E-state index contributed by atoms with van der Waals surface area (Å²) in [6.45, 7) is 11.8. The number of ether oxygens (including phenoxy) is 3. The van der Waals surface area contributed by atoms with Gasteiger partial charge in [0.05, 0.1) is 33.0 Å². The van der Waals surface area contributed by atoms with Gasteiger partial charge in [-0.3, -0.25) is 0 Å². The predicted molar refractivity (Wildman–Crippen MR) is 84.4 cm³/mol. The van der Waals surface area contributed by atoms with Crippen LogP contribution in [0.3, 0.4) is 0 Å². The van der Waals surface area contributed by atoms with E-state index < -0.39 is 0 Å². The van der Waals surface area contributed by atoms with E-state index in [1.54, 1.807) is 0 Å². The molecular formula is C16H35NO3. The summed E-state index contributed by atoms with van der Waals surface area (Å²) in [5, 5.41) is 3.52. The van der Waals surface area contributed by atoms with E-state index in [-0.39, 0.29) is 0 Å². The number of rotatable bonds is 16. The summed E-state index contributed by atoms with van der Waals surface area (Å²) >= 11 is 0. The molecule has 0 aromatic heterocycles. The summed E-state index contributed by atoms with van der Waals surface area (Å²) in [5.74, 6) is 0. The van der Waals surface area contributed by atoms with Crippen LogP contribution in [0, 0.1) is 0 Å². The quantitative estimate of drug-likeness (QED) is 0.443. The highest BCUT2D eigenvalue weighted by molar-refractivity contribution is 4.63. The molecule has 20 heavy (non-hydrogen) atoms. The van der Waals surface area contributed by atoms with E-state index in [0.29, 0.717) is 32.5 Å². The third-order valence-corrected chi connectivity index (χ3v) is 3.20. The van der Waals surface area contributed by atoms with Crippen LogP contribution in [0.25, 0.3) is 0 Å². The Morgan fingerprint density at radius 2 is 1.35 bits per heavy atom. The molecule has 4 nitrogen and oxygen atoms in total. The fourth-order valence-corrected chi connectivity index (χ4v) is 1.92. The normalized spacial score (nSPS) is 12.8. The lowest BCUT2D eigenvalue weighted by molar-refractivity contribution is 0.0143. The molecular weight excluding hydrogens is 254 g/mol. The molecule has 0 aliphatic heterocycles. The van der Waals surface area contributed by atoms with Crippen molar-refractivity contribution in [3.63, 3.8) is 0 Å². The van der Waals surface area contributed by atoms with Gasteiger partial charge in [0, 0.05) is 19.2 Å². The Hall–Kier alpha value is -0.160. The average molecular weight is 289 g/mol. The van der Waals surface area contributed by atoms with Crippen molar-refractivity contribution in [1.82, 2.24) is 5.32 Å². The zero-order valence-corrected chi connectivity index (χ0v) is 13.8. The van der Waals surface area contributed by atoms with Crippen molar-refractivity contribution in [2.45, 2.75) is 58.9 Å². The molecule has 0 bridgehead atoms. The van der Waals surface area contributed by atoms with Gasteiger partial charge >= 0.3 is 0 Å². The Bertz CT molecular complexity index is 179. The molecule has 0 rings (SSSR count). The maximum absolute atomic E-state index is 5.52. The van der Waals surface area contributed by atoms with Gasteiger partial charge in [-0.1, -0.05) is 33.6 Å². The van der Waals surface area contributed by atoms with E-state index in [0.717, 1.165) is 26.2 Å². The zero-order chi connectivity index (χ0) is 14.9. The monoisotopic (exact) mass is 289 g/mol. The maximum Gasteiger partial charge on any atom is 0.0701 e. The van der Waals surface area contributed by atoms with Crippen LogP contribution in [0.2, 0.25) is 0 Å². The van der Waals surface area contributed by atoms with Crippen LogP contribution in [-0.4, -0.2) is 52.2 Å². The van der Waals surface area contributed by atoms with Gasteiger partial charge < -0.3 is 19.5 Å². The molecule has 0 aromatic rings. The van der Waals surface area contributed by atoms with Crippen LogP contribution in [0.1, 0.15) is 52.9 Å². The lowest BCUT2D eigenvalue weighted by Gasteiger charge is -2.15. The van der Waals surface area contributed by atoms with Crippen molar-refractivity contribution in [3.05, 3.63) is 0 Å². The van der Waals surface area contributed by atoms with Crippen molar-refractivity contribution in [3.8, 4) is 0 Å². The van der Waals surface area contributed by atoms with Crippen LogP contribution in [-0.2, 0) is 14.2 Å². The van der Waals surface area contributed by atoms with Gasteiger partial charge in [-0.05, 0) is 19.3 Å². The molecule has 0 heterocycles. The number of unbranched alkanes of at least 4 members (excludes halogenated alkanes) is 1. The van der Waals surface area contributed by atoms with Crippen LogP contribution in [0.4, 0.5) is 0 Å². The van der Waals surface area contributed by atoms with Gasteiger partial charge in [0.25, 0.3) is 0 Å². The van der Waals surface area contributed by atoms with Crippen molar-refractivity contribution >= 4 is 0 Å². The summed E-state index contributed by atoms with van der Waals surface area (Å²) < 4.78 is 16.4. The predicted octanol–water partition coefficient (Wildman–Crippen LogP) is 3.00. The lowest BCUT2D eigenvalue weighted by Crippen LogP contribution is -2.31. The number of hydrogen-bond acceptors (Lipinski definition) is 4. The molecule has 0 spiro atoms. The van der Waals surface area contributed by atoms with E-state index in [9.17, 15) is 0 Å². The molecule has 0 amide bonds. The SMILES string of the molecule is CCCCOCCOCCOCCNC(CC)CCC.